The monoisotopic (exact) mass is 239 g/mol. The average molecular weight is 239 g/mol. The van der Waals surface area contributed by atoms with Crippen molar-refractivity contribution in [3.8, 4) is 0 Å². The Hall–Kier alpha value is -0.620. The summed E-state index contributed by atoms with van der Waals surface area (Å²) in [6.45, 7) is -0.570. The van der Waals surface area contributed by atoms with Crippen LogP contribution >= 0.6 is 11.8 Å². The standard InChI is InChI=1S/C9H12F3NOS/c10-9(11,12)7-13-3-5-15-6-8-2-1-4-14-8/h1-2,4,13H,3,5-7H2. The van der Waals surface area contributed by atoms with Gasteiger partial charge in [-0.05, 0) is 12.1 Å². The third-order valence-corrected chi connectivity index (χ3v) is 2.55. The van der Waals surface area contributed by atoms with Crippen LogP contribution in [0.3, 0.4) is 0 Å². The highest BCUT2D eigenvalue weighted by Gasteiger charge is 2.25. The molecule has 86 valence electrons. The van der Waals surface area contributed by atoms with Crippen LogP contribution in [0.1, 0.15) is 5.76 Å². The SMILES string of the molecule is FC(F)(F)CNCCSCc1ccco1. The van der Waals surface area contributed by atoms with E-state index in [1.54, 1.807) is 12.3 Å². The molecule has 1 aromatic rings. The second kappa shape index (κ2) is 6.07. The summed E-state index contributed by atoms with van der Waals surface area (Å²) >= 11 is 1.54. The highest BCUT2D eigenvalue weighted by molar-refractivity contribution is 7.98. The molecule has 0 aliphatic carbocycles. The molecule has 0 aliphatic heterocycles. The molecule has 0 aromatic carbocycles. The molecule has 1 aromatic heterocycles. The van der Waals surface area contributed by atoms with Gasteiger partial charge >= 0.3 is 6.18 Å². The Morgan fingerprint density at radius 3 is 2.80 bits per heavy atom. The van der Waals surface area contributed by atoms with Crippen LogP contribution in [0.5, 0.6) is 0 Å². The molecule has 0 spiro atoms. The summed E-state index contributed by atoms with van der Waals surface area (Å²) in [5.74, 6) is 2.17. The molecular formula is C9H12F3NOS. The summed E-state index contributed by atoms with van der Waals surface area (Å²) in [5.41, 5.74) is 0. The van der Waals surface area contributed by atoms with Gasteiger partial charge in [0.15, 0.2) is 0 Å². The summed E-state index contributed by atoms with van der Waals surface area (Å²) < 4.78 is 40.2. The average Bonchev–Trinajstić information content (AvgIpc) is 2.61. The van der Waals surface area contributed by atoms with Crippen molar-refractivity contribution < 1.29 is 17.6 Å². The molecule has 1 N–H and O–H groups in total. The molecule has 0 fully saturated rings. The Morgan fingerprint density at radius 1 is 1.40 bits per heavy atom. The smallest absolute Gasteiger partial charge is 0.401 e. The first-order valence-electron chi connectivity index (χ1n) is 4.45. The van der Waals surface area contributed by atoms with Crippen molar-refractivity contribution in [2.24, 2.45) is 0 Å². The lowest BCUT2D eigenvalue weighted by Crippen LogP contribution is -2.30. The van der Waals surface area contributed by atoms with Crippen LogP contribution < -0.4 is 5.32 Å². The fraction of sp³-hybridized carbons (Fsp3) is 0.556. The van der Waals surface area contributed by atoms with Gasteiger partial charge in [0.25, 0.3) is 0 Å². The molecule has 0 aliphatic rings. The highest BCUT2D eigenvalue weighted by atomic mass is 32.2. The van der Waals surface area contributed by atoms with Crippen molar-refractivity contribution in [1.82, 2.24) is 5.32 Å². The van der Waals surface area contributed by atoms with E-state index in [0.29, 0.717) is 18.1 Å². The number of rotatable bonds is 6. The van der Waals surface area contributed by atoms with Gasteiger partial charge in [-0.3, -0.25) is 0 Å². The third-order valence-electron chi connectivity index (χ3n) is 1.57. The van der Waals surface area contributed by atoms with Crippen LogP contribution in [0, 0.1) is 0 Å². The number of furan rings is 1. The summed E-state index contributed by atoms with van der Waals surface area (Å²) in [6.07, 6.45) is -2.54. The van der Waals surface area contributed by atoms with E-state index in [1.807, 2.05) is 6.07 Å². The predicted molar refractivity (Wildman–Crippen MR) is 53.8 cm³/mol. The van der Waals surface area contributed by atoms with Gasteiger partial charge in [-0.25, -0.2) is 0 Å². The van der Waals surface area contributed by atoms with E-state index < -0.39 is 12.7 Å². The van der Waals surface area contributed by atoms with Gasteiger partial charge in [0.1, 0.15) is 5.76 Å². The lowest BCUT2D eigenvalue weighted by atomic mass is 10.5. The van der Waals surface area contributed by atoms with Crippen LogP contribution in [-0.2, 0) is 5.75 Å². The van der Waals surface area contributed by atoms with E-state index in [2.05, 4.69) is 5.32 Å². The second-order valence-corrected chi connectivity index (χ2v) is 4.03. The Bertz CT molecular complexity index is 261. The van der Waals surface area contributed by atoms with Crippen LogP contribution in [-0.4, -0.2) is 25.0 Å². The number of thioether (sulfide) groups is 1. The van der Waals surface area contributed by atoms with Gasteiger partial charge in [0.05, 0.1) is 18.6 Å². The van der Waals surface area contributed by atoms with Crippen LogP contribution in [0.15, 0.2) is 22.8 Å². The number of hydrogen-bond donors (Lipinski definition) is 1. The zero-order chi connectivity index (χ0) is 11.1. The van der Waals surface area contributed by atoms with Crippen molar-refractivity contribution in [1.29, 1.82) is 0 Å². The summed E-state index contributed by atoms with van der Waals surface area (Å²) in [4.78, 5) is 0. The largest absolute Gasteiger partial charge is 0.468 e. The normalized spacial score (nSPS) is 11.9. The molecule has 1 heterocycles. The first-order chi connectivity index (χ1) is 7.08. The number of hydrogen-bond acceptors (Lipinski definition) is 3. The third kappa shape index (κ3) is 6.46. The van der Waals surface area contributed by atoms with Crippen molar-refractivity contribution in [3.63, 3.8) is 0 Å². The Balaban J connectivity index is 1.94. The molecular weight excluding hydrogens is 227 g/mol. The van der Waals surface area contributed by atoms with Crippen molar-refractivity contribution in [3.05, 3.63) is 24.2 Å². The van der Waals surface area contributed by atoms with Crippen LogP contribution in [0.25, 0.3) is 0 Å². The minimum absolute atomic E-state index is 0.352. The van der Waals surface area contributed by atoms with Gasteiger partial charge in [-0.1, -0.05) is 0 Å². The Kier molecular flexibility index (Phi) is 5.04. The van der Waals surface area contributed by atoms with Gasteiger partial charge in [-0.2, -0.15) is 24.9 Å². The van der Waals surface area contributed by atoms with Gasteiger partial charge < -0.3 is 9.73 Å². The van der Waals surface area contributed by atoms with Crippen molar-refractivity contribution >= 4 is 11.8 Å². The second-order valence-electron chi connectivity index (χ2n) is 2.92. The quantitative estimate of drug-likeness (QED) is 0.773. The maximum absolute atomic E-state index is 11.7. The van der Waals surface area contributed by atoms with E-state index in [4.69, 9.17) is 4.42 Å². The molecule has 6 heteroatoms. The van der Waals surface area contributed by atoms with Crippen LogP contribution in [0.2, 0.25) is 0 Å². The first kappa shape index (κ1) is 12.4. The summed E-state index contributed by atoms with van der Waals surface area (Å²) in [6, 6.07) is 3.63. The fourth-order valence-corrected chi connectivity index (χ4v) is 1.74. The molecule has 15 heavy (non-hydrogen) atoms. The van der Waals surface area contributed by atoms with E-state index in [-0.39, 0.29) is 0 Å². The molecule has 0 atom stereocenters. The number of halogens is 3. The van der Waals surface area contributed by atoms with E-state index in [0.717, 1.165) is 5.76 Å². The van der Waals surface area contributed by atoms with Crippen molar-refractivity contribution in [2.75, 3.05) is 18.8 Å². The fourth-order valence-electron chi connectivity index (χ4n) is 0.942. The minimum atomic E-state index is -4.12. The highest BCUT2D eigenvalue weighted by Crippen LogP contribution is 2.13. The first-order valence-corrected chi connectivity index (χ1v) is 5.61. The van der Waals surface area contributed by atoms with Gasteiger partial charge in [0.2, 0.25) is 0 Å². The molecule has 1 rings (SSSR count). The number of alkyl halides is 3. The van der Waals surface area contributed by atoms with Gasteiger partial charge in [0, 0.05) is 12.3 Å². The molecule has 0 unspecified atom stereocenters. The molecule has 0 saturated heterocycles. The van der Waals surface area contributed by atoms with E-state index in [1.165, 1.54) is 11.8 Å². The van der Waals surface area contributed by atoms with E-state index in [9.17, 15) is 13.2 Å². The van der Waals surface area contributed by atoms with Crippen LogP contribution in [0.4, 0.5) is 13.2 Å². The lowest BCUT2D eigenvalue weighted by Gasteiger charge is -2.07. The summed E-state index contributed by atoms with van der Waals surface area (Å²) in [5, 5.41) is 2.33. The maximum atomic E-state index is 11.7. The zero-order valence-corrected chi connectivity index (χ0v) is 8.83. The predicted octanol–water partition coefficient (Wildman–Crippen LogP) is 2.66. The lowest BCUT2D eigenvalue weighted by molar-refractivity contribution is -0.124. The molecule has 0 bridgehead atoms. The van der Waals surface area contributed by atoms with E-state index >= 15 is 0 Å². The molecule has 0 amide bonds. The maximum Gasteiger partial charge on any atom is 0.401 e. The minimum Gasteiger partial charge on any atom is -0.468 e. The molecule has 0 radical (unpaired) electrons. The molecule has 2 nitrogen and oxygen atoms in total. The Morgan fingerprint density at radius 2 is 2.20 bits per heavy atom. The zero-order valence-electron chi connectivity index (χ0n) is 8.01. The van der Waals surface area contributed by atoms with Gasteiger partial charge in [-0.15, -0.1) is 0 Å². The Labute approximate surface area is 90.2 Å². The topological polar surface area (TPSA) is 25.2 Å². The summed E-state index contributed by atoms with van der Waals surface area (Å²) in [7, 11) is 0. The molecule has 0 saturated carbocycles. The van der Waals surface area contributed by atoms with Crippen molar-refractivity contribution in [2.45, 2.75) is 11.9 Å². The number of nitrogens with one attached hydrogen (secondary N) is 1.